The maximum Gasteiger partial charge on any atom is 0.410 e. The topological polar surface area (TPSA) is 119 Å². The molecular weight excluding hydrogens is 428 g/mol. The molecule has 0 unspecified atom stereocenters. The molecule has 0 aromatic heterocycles. The Morgan fingerprint density at radius 2 is 1.70 bits per heavy atom. The van der Waals surface area contributed by atoms with E-state index in [-0.39, 0.29) is 31.0 Å². The summed E-state index contributed by atoms with van der Waals surface area (Å²) in [7, 11) is 1.50. The van der Waals surface area contributed by atoms with Gasteiger partial charge in [-0.15, -0.1) is 0 Å². The van der Waals surface area contributed by atoms with Crippen LogP contribution in [0.1, 0.15) is 66.7 Å². The van der Waals surface area contributed by atoms with E-state index >= 15 is 0 Å². The van der Waals surface area contributed by atoms with Gasteiger partial charge < -0.3 is 25.0 Å². The molecule has 1 aliphatic carbocycles. The molecule has 0 aromatic rings. The molecule has 4 amide bonds. The number of piperazine rings is 1. The quantitative estimate of drug-likeness (QED) is 0.640. The van der Waals surface area contributed by atoms with E-state index in [2.05, 4.69) is 5.32 Å². The molecule has 33 heavy (non-hydrogen) atoms. The molecule has 1 heterocycles. The standard InChI is InChI=1S/C23H40N4O6/c1-15-14-26(21(30)31)12-13-27(15)20(29)18(17-10-8-7-9-11-17)24-19(28)16(2)25(6)22(32)33-23(3,4)5/h15-18H,7-14H2,1-6H3,(H,24,28)(H,30,31)/t15-,16+,18+/m1/s1. The predicted molar refractivity (Wildman–Crippen MR) is 123 cm³/mol. The highest BCUT2D eigenvalue weighted by atomic mass is 16.6. The van der Waals surface area contributed by atoms with Crippen molar-refractivity contribution in [1.82, 2.24) is 20.0 Å². The first-order valence-electron chi connectivity index (χ1n) is 11.9. The lowest BCUT2D eigenvalue weighted by atomic mass is 9.83. The molecule has 2 fully saturated rings. The van der Waals surface area contributed by atoms with Crippen molar-refractivity contribution < 1.29 is 29.0 Å². The zero-order valence-electron chi connectivity index (χ0n) is 20.8. The van der Waals surface area contributed by atoms with E-state index in [0.717, 1.165) is 32.1 Å². The van der Waals surface area contributed by atoms with Crippen LogP contribution in [-0.2, 0) is 14.3 Å². The highest BCUT2D eigenvalue weighted by molar-refractivity contribution is 5.91. The van der Waals surface area contributed by atoms with E-state index in [1.807, 2.05) is 6.92 Å². The number of ether oxygens (including phenoxy) is 1. The van der Waals surface area contributed by atoms with E-state index in [1.54, 1.807) is 32.6 Å². The van der Waals surface area contributed by atoms with Crippen LogP contribution in [0.5, 0.6) is 0 Å². The van der Waals surface area contributed by atoms with Crippen LogP contribution in [0.15, 0.2) is 0 Å². The van der Waals surface area contributed by atoms with Gasteiger partial charge in [-0.3, -0.25) is 14.5 Å². The van der Waals surface area contributed by atoms with E-state index in [4.69, 9.17) is 4.74 Å². The van der Waals surface area contributed by atoms with Crippen LogP contribution < -0.4 is 5.32 Å². The Balaban J connectivity index is 2.13. The zero-order chi connectivity index (χ0) is 24.9. The van der Waals surface area contributed by atoms with Crippen LogP contribution in [0.25, 0.3) is 0 Å². The third-order valence-corrected chi connectivity index (χ3v) is 6.51. The van der Waals surface area contributed by atoms with Crippen LogP contribution in [0.4, 0.5) is 9.59 Å². The van der Waals surface area contributed by atoms with Gasteiger partial charge in [-0.05, 0) is 53.4 Å². The minimum Gasteiger partial charge on any atom is -0.465 e. The molecule has 0 radical (unpaired) electrons. The number of hydrogen-bond donors (Lipinski definition) is 2. The Morgan fingerprint density at radius 1 is 1.09 bits per heavy atom. The molecule has 2 aliphatic rings. The number of amides is 4. The summed E-state index contributed by atoms with van der Waals surface area (Å²) in [5.41, 5.74) is -0.684. The van der Waals surface area contributed by atoms with Crippen LogP contribution in [0.2, 0.25) is 0 Å². The number of rotatable bonds is 5. The molecule has 0 aromatic carbocycles. The van der Waals surface area contributed by atoms with Crippen LogP contribution >= 0.6 is 0 Å². The lowest BCUT2D eigenvalue weighted by Gasteiger charge is -2.42. The average Bonchev–Trinajstić information content (AvgIpc) is 2.75. The minimum atomic E-state index is -0.995. The second kappa shape index (κ2) is 11.1. The molecule has 0 spiro atoms. The van der Waals surface area contributed by atoms with Gasteiger partial charge >= 0.3 is 12.2 Å². The van der Waals surface area contributed by atoms with E-state index in [0.29, 0.717) is 6.54 Å². The Morgan fingerprint density at radius 3 is 2.21 bits per heavy atom. The summed E-state index contributed by atoms with van der Waals surface area (Å²) in [6, 6.07) is -1.81. The fraction of sp³-hybridized carbons (Fsp3) is 0.826. The molecule has 3 atom stereocenters. The first kappa shape index (κ1) is 26.7. The number of hydrogen-bond acceptors (Lipinski definition) is 5. The van der Waals surface area contributed by atoms with Crippen molar-refractivity contribution in [3.8, 4) is 0 Å². The first-order chi connectivity index (χ1) is 15.3. The van der Waals surface area contributed by atoms with Crippen molar-refractivity contribution in [3.05, 3.63) is 0 Å². The van der Waals surface area contributed by atoms with Gasteiger partial charge in [0.05, 0.1) is 0 Å². The number of carbonyl (C=O) groups excluding carboxylic acids is 3. The van der Waals surface area contributed by atoms with Crippen LogP contribution in [0, 0.1) is 5.92 Å². The largest absolute Gasteiger partial charge is 0.465 e. The maximum atomic E-state index is 13.6. The number of carbonyl (C=O) groups is 4. The van der Waals surface area contributed by atoms with E-state index in [1.165, 1.54) is 16.8 Å². The average molecular weight is 469 g/mol. The van der Waals surface area contributed by atoms with Gasteiger partial charge in [-0.25, -0.2) is 9.59 Å². The SMILES string of the molecule is C[C@@H]1CN(C(=O)O)CCN1C(=O)[C@@H](NC(=O)[C@H](C)N(C)C(=O)OC(C)(C)C)C1CCCCC1. The number of carboxylic acid groups (broad SMARTS) is 1. The Hall–Kier alpha value is -2.52. The minimum absolute atomic E-state index is 0.0129. The summed E-state index contributed by atoms with van der Waals surface area (Å²) in [5.74, 6) is -0.581. The fourth-order valence-corrected chi connectivity index (χ4v) is 4.43. The van der Waals surface area contributed by atoms with E-state index in [9.17, 15) is 24.3 Å². The van der Waals surface area contributed by atoms with Crippen molar-refractivity contribution in [2.75, 3.05) is 26.7 Å². The van der Waals surface area contributed by atoms with Gasteiger partial charge in [0, 0.05) is 32.7 Å². The van der Waals surface area contributed by atoms with Gasteiger partial charge in [0.2, 0.25) is 11.8 Å². The first-order valence-corrected chi connectivity index (χ1v) is 11.9. The molecule has 1 saturated carbocycles. The zero-order valence-corrected chi connectivity index (χ0v) is 20.8. The van der Waals surface area contributed by atoms with Gasteiger partial charge in [-0.1, -0.05) is 19.3 Å². The van der Waals surface area contributed by atoms with Gasteiger partial charge in [-0.2, -0.15) is 0 Å². The maximum absolute atomic E-state index is 13.6. The Bertz CT molecular complexity index is 731. The van der Waals surface area contributed by atoms with Gasteiger partial charge in [0.1, 0.15) is 17.7 Å². The third-order valence-electron chi connectivity index (χ3n) is 6.51. The van der Waals surface area contributed by atoms with E-state index < -0.39 is 35.8 Å². The van der Waals surface area contributed by atoms with Gasteiger partial charge in [0.25, 0.3) is 0 Å². The molecule has 2 N–H and O–H groups in total. The third kappa shape index (κ3) is 7.23. The fourth-order valence-electron chi connectivity index (χ4n) is 4.43. The molecule has 1 aliphatic heterocycles. The monoisotopic (exact) mass is 468 g/mol. The molecule has 10 heteroatoms. The van der Waals surface area contributed by atoms with Crippen LogP contribution in [0.3, 0.4) is 0 Å². The summed E-state index contributed by atoms with van der Waals surface area (Å²) in [4.78, 5) is 54.6. The summed E-state index contributed by atoms with van der Waals surface area (Å²) in [5, 5.41) is 12.2. The smallest absolute Gasteiger partial charge is 0.410 e. The second-order valence-electron chi connectivity index (χ2n) is 10.3. The summed E-state index contributed by atoms with van der Waals surface area (Å²) < 4.78 is 5.36. The molecule has 10 nitrogen and oxygen atoms in total. The molecule has 1 saturated heterocycles. The predicted octanol–water partition coefficient (Wildman–Crippen LogP) is 2.52. The summed E-state index contributed by atoms with van der Waals surface area (Å²) >= 11 is 0. The molecule has 2 rings (SSSR count). The van der Waals surface area contributed by atoms with Crippen molar-refractivity contribution in [2.45, 2.75) is 90.4 Å². The number of likely N-dealkylation sites (N-methyl/N-ethyl adjacent to an activating group) is 1. The molecular formula is C23H40N4O6. The summed E-state index contributed by atoms with van der Waals surface area (Å²) in [6.07, 6.45) is 3.19. The van der Waals surface area contributed by atoms with Crippen molar-refractivity contribution >= 4 is 24.0 Å². The Kier molecular flexibility index (Phi) is 8.97. The second-order valence-corrected chi connectivity index (χ2v) is 10.3. The molecule has 188 valence electrons. The van der Waals surface area contributed by atoms with Gasteiger partial charge in [0.15, 0.2) is 0 Å². The van der Waals surface area contributed by atoms with Crippen LogP contribution in [-0.4, -0.2) is 94.2 Å². The Labute approximate surface area is 196 Å². The molecule has 0 bridgehead atoms. The normalized spacial score (nSPS) is 21.7. The number of nitrogens with one attached hydrogen (secondary N) is 1. The highest BCUT2D eigenvalue weighted by Crippen LogP contribution is 2.28. The van der Waals surface area contributed by atoms with Crippen molar-refractivity contribution in [3.63, 3.8) is 0 Å². The van der Waals surface area contributed by atoms with Crippen molar-refractivity contribution in [2.24, 2.45) is 5.92 Å². The van der Waals surface area contributed by atoms with Crippen molar-refractivity contribution in [1.29, 1.82) is 0 Å². The lowest BCUT2D eigenvalue weighted by Crippen LogP contribution is -2.62. The lowest BCUT2D eigenvalue weighted by molar-refractivity contribution is -0.142. The number of nitrogens with zero attached hydrogens (tertiary/aromatic N) is 3. The summed E-state index contributed by atoms with van der Waals surface area (Å²) in [6.45, 7) is 9.48. The highest BCUT2D eigenvalue weighted by Gasteiger charge is 2.39.